The van der Waals surface area contributed by atoms with E-state index in [2.05, 4.69) is 31.2 Å². The van der Waals surface area contributed by atoms with Gasteiger partial charge in [0.05, 0.1) is 12.7 Å². The Morgan fingerprint density at radius 3 is 3.00 bits per heavy atom. The van der Waals surface area contributed by atoms with Crippen molar-refractivity contribution in [2.75, 3.05) is 6.61 Å². The van der Waals surface area contributed by atoms with E-state index in [-0.39, 0.29) is 12.1 Å². The van der Waals surface area contributed by atoms with Crippen LogP contribution < -0.4 is 5.73 Å². The zero-order valence-electron chi connectivity index (χ0n) is 12.6. The predicted octanol–water partition coefficient (Wildman–Crippen LogP) is 3.84. The second kappa shape index (κ2) is 6.28. The van der Waals surface area contributed by atoms with Gasteiger partial charge < -0.3 is 10.5 Å². The zero-order valence-corrected chi connectivity index (χ0v) is 12.6. The number of nitrogens with two attached hydrogens (primary N) is 1. The molecule has 1 saturated carbocycles. The van der Waals surface area contributed by atoms with Gasteiger partial charge in [-0.25, -0.2) is 0 Å². The fraction of sp³-hybridized carbons (Fsp3) is 0.667. The van der Waals surface area contributed by atoms with Gasteiger partial charge in [0.15, 0.2) is 0 Å². The summed E-state index contributed by atoms with van der Waals surface area (Å²) in [4.78, 5) is 0. The average Bonchev–Trinajstić information content (AvgIpc) is 2.53. The van der Waals surface area contributed by atoms with Crippen LogP contribution in [0, 0.1) is 11.8 Å². The van der Waals surface area contributed by atoms with Gasteiger partial charge in [-0.3, -0.25) is 0 Å². The molecule has 20 heavy (non-hydrogen) atoms. The van der Waals surface area contributed by atoms with Gasteiger partial charge in [-0.2, -0.15) is 0 Å². The van der Waals surface area contributed by atoms with Gasteiger partial charge in [0.25, 0.3) is 0 Å². The van der Waals surface area contributed by atoms with Crippen LogP contribution in [0.25, 0.3) is 0 Å². The fourth-order valence-corrected chi connectivity index (χ4v) is 4.04. The Morgan fingerprint density at radius 1 is 1.30 bits per heavy atom. The molecule has 1 aliphatic heterocycles. The molecular formula is C18H27NO. The molecule has 0 saturated heterocycles. The summed E-state index contributed by atoms with van der Waals surface area (Å²) in [6.45, 7) is 3.13. The monoisotopic (exact) mass is 273 g/mol. The second-order valence-electron chi connectivity index (χ2n) is 6.52. The first-order valence-electron chi connectivity index (χ1n) is 8.24. The van der Waals surface area contributed by atoms with Crippen LogP contribution in [0.15, 0.2) is 24.3 Å². The van der Waals surface area contributed by atoms with Crippen LogP contribution in [-0.4, -0.2) is 12.6 Å². The molecule has 1 fully saturated rings. The Morgan fingerprint density at radius 2 is 2.15 bits per heavy atom. The maximum atomic E-state index is 6.63. The lowest BCUT2D eigenvalue weighted by Crippen LogP contribution is -2.41. The summed E-state index contributed by atoms with van der Waals surface area (Å²) in [6.07, 6.45) is 7.74. The molecule has 2 heteroatoms. The minimum atomic E-state index is 0.112. The van der Waals surface area contributed by atoms with Crippen molar-refractivity contribution in [3.8, 4) is 0 Å². The number of hydrogen-bond donors (Lipinski definition) is 1. The van der Waals surface area contributed by atoms with Crippen molar-refractivity contribution in [1.82, 2.24) is 0 Å². The highest BCUT2D eigenvalue weighted by Crippen LogP contribution is 2.38. The van der Waals surface area contributed by atoms with Crippen molar-refractivity contribution < 1.29 is 4.74 Å². The van der Waals surface area contributed by atoms with E-state index in [0.29, 0.717) is 5.92 Å². The van der Waals surface area contributed by atoms with Crippen LogP contribution in [0.1, 0.15) is 56.3 Å². The molecule has 0 amide bonds. The molecule has 3 rings (SSSR count). The minimum absolute atomic E-state index is 0.112. The van der Waals surface area contributed by atoms with Gasteiger partial charge in [0, 0.05) is 6.04 Å². The molecule has 110 valence electrons. The summed E-state index contributed by atoms with van der Waals surface area (Å²) in [6, 6.07) is 8.83. The van der Waals surface area contributed by atoms with E-state index in [1.54, 1.807) is 0 Å². The summed E-state index contributed by atoms with van der Waals surface area (Å²) < 4.78 is 6.06. The molecule has 0 spiro atoms. The van der Waals surface area contributed by atoms with E-state index in [1.807, 2.05) is 0 Å². The second-order valence-corrected chi connectivity index (χ2v) is 6.52. The quantitative estimate of drug-likeness (QED) is 0.908. The van der Waals surface area contributed by atoms with E-state index in [9.17, 15) is 0 Å². The summed E-state index contributed by atoms with van der Waals surface area (Å²) in [5.41, 5.74) is 9.40. The number of fused-ring (bicyclic) bond motifs is 1. The highest BCUT2D eigenvalue weighted by Gasteiger charge is 2.34. The first-order chi connectivity index (χ1) is 9.79. The molecule has 4 unspecified atom stereocenters. The first kappa shape index (κ1) is 14.1. The largest absolute Gasteiger partial charge is 0.372 e. The Bertz CT molecular complexity index is 445. The van der Waals surface area contributed by atoms with Crippen molar-refractivity contribution in [2.45, 2.75) is 57.6 Å². The maximum Gasteiger partial charge on any atom is 0.0981 e. The third-order valence-corrected chi connectivity index (χ3v) is 5.33. The van der Waals surface area contributed by atoms with Crippen LogP contribution >= 0.6 is 0 Å². The number of benzene rings is 1. The molecule has 1 aliphatic carbocycles. The first-order valence-corrected chi connectivity index (χ1v) is 8.24. The van der Waals surface area contributed by atoms with Gasteiger partial charge >= 0.3 is 0 Å². The smallest absolute Gasteiger partial charge is 0.0981 e. The van der Waals surface area contributed by atoms with Crippen molar-refractivity contribution in [3.63, 3.8) is 0 Å². The number of ether oxygens (including phenoxy) is 1. The van der Waals surface area contributed by atoms with Crippen LogP contribution in [0.2, 0.25) is 0 Å². The molecular weight excluding hydrogens is 246 g/mol. The molecule has 4 atom stereocenters. The van der Waals surface area contributed by atoms with Gasteiger partial charge in [0.1, 0.15) is 0 Å². The van der Waals surface area contributed by atoms with Crippen molar-refractivity contribution in [2.24, 2.45) is 17.6 Å². The summed E-state index contributed by atoms with van der Waals surface area (Å²) in [5.74, 6) is 1.50. The van der Waals surface area contributed by atoms with Crippen LogP contribution in [0.3, 0.4) is 0 Å². The normalized spacial score (nSPS) is 31.6. The van der Waals surface area contributed by atoms with Crippen molar-refractivity contribution in [1.29, 1.82) is 0 Å². The molecule has 2 N–H and O–H groups in total. The lowest BCUT2D eigenvalue weighted by atomic mass is 9.74. The van der Waals surface area contributed by atoms with E-state index in [1.165, 1.54) is 43.2 Å². The molecule has 0 aromatic heterocycles. The fourth-order valence-electron chi connectivity index (χ4n) is 4.04. The zero-order chi connectivity index (χ0) is 13.9. The van der Waals surface area contributed by atoms with Gasteiger partial charge in [-0.05, 0) is 42.2 Å². The van der Waals surface area contributed by atoms with E-state index in [4.69, 9.17) is 10.5 Å². The molecule has 0 radical (unpaired) electrons. The third-order valence-electron chi connectivity index (χ3n) is 5.33. The molecule has 1 aromatic rings. The Hall–Kier alpha value is -0.860. The molecule has 1 aromatic carbocycles. The molecule has 2 aliphatic rings. The van der Waals surface area contributed by atoms with E-state index in [0.717, 1.165) is 18.9 Å². The van der Waals surface area contributed by atoms with Crippen LogP contribution in [0.5, 0.6) is 0 Å². The van der Waals surface area contributed by atoms with E-state index < -0.39 is 0 Å². The van der Waals surface area contributed by atoms with Gasteiger partial charge in [0.2, 0.25) is 0 Å². The Labute approximate surface area is 122 Å². The standard InChI is InChI=1S/C18H27NO/c1-2-13-6-5-8-15(12-13)17(19)18-16-9-4-3-7-14(16)10-11-20-18/h3-4,7,9,13,15,17-18H,2,5-6,8,10-12,19H2,1H3. The summed E-state index contributed by atoms with van der Waals surface area (Å²) >= 11 is 0. The number of rotatable bonds is 3. The molecule has 2 nitrogen and oxygen atoms in total. The SMILES string of the molecule is CCC1CCCC(C(N)C2OCCc3ccccc32)C1. The lowest BCUT2D eigenvalue weighted by molar-refractivity contribution is 0.00243. The molecule has 0 bridgehead atoms. The third kappa shape index (κ3) is 2.77. The Kier molecular flexibility index (Phi) is 4.42. The van der Waals surface area contributed by atoms with Crippen LogP contribution in [-0.2, 0) is 11.2 Å². The summed E-state index contributed by atoms with van der Waals surface area (Å²) in [7, 11) is 0. The van der Waals surface area contributed by atoms with Crippen molar-refractivity contribution in [3.05, 3.63) is 35.4 Å². The van der Waals surface area contributed by atoms with Gasteiger partial charge in [-0.15, -0.1) is 0 Å². The van der Waals surface area contributed by atoms with Crippen molar-refractivity contribution >= 4 is 0 Å². The molecule has 1 heterocycles. The minimum Gasteiger partial charge on any atom is -0.372 e. The topological polar surface area (TPSA) is 35.2 Å². The van der Waals surface area contributed by atoms with E-state index >= 15 is 0 Å². The summed E-state index contributed by atoms with van der Waals surface area (Å²) in [5, 5.41) is 0. The Balaban J connectivity index is 1.76. The average molecular weight is 273 g/mol. The maximum absolute atomic E-state index is 6.63. The highest BCUT2D eigenvalue weighted by atomic mass is 16.5. The predicted molar refractivity (Wildman–Crippen MR) is 82.6 cm³/mol. The lowest BCUT2D eigenvalue weighted by Gasteiger charge is -2.38. The number of hydrogen-bond acceptors (Lipinski definition) is 2. The highest BCUT2D eigenvalue weighted by molar-refractivity contribution is 5.32. The van der Waals surface area contributed by atoms with Gasteiger partial charge in [-0.1, -0.05) is 50.5 Å². The van der Waals surface area contributed by atoms with Crippen LogP contribution in [0.4, 0.5) is 0 Å².